The average Bonchev–Trinajstić information content (AvgIpc) is 3.71. The number of ketones is 2. The van der Waals surface area contributed by atoms with Crippen LogP contribution in [0.4, 0.5) is 4.79 Å². The highest BCUT2D eigenvalue weighted by molar-refractivity contribution is 6.36. The summed E-state index contributed by atoms with van der Waals surface area (Å²) in [6, 6.07) is 0.934. The molecule has 0 bridgehead atoms. The number of piperidine rings is 1. The van der Waals surface area contributed by atoms with Gasteiger partial charge >= 0.3 is 12.0 Å². The number of primary amides is 1. The Kier molecular flexibility index (Phi) is 9.63. The molecule has 47 heavy (non-hydrogen) atoms. The van der Waals surface area contributed by atoms with Crippen LogP contribution in [0.25, 0.3) is 0 Å². The van der Waals surface area contributed by atoms with Crippen molar-refractivity contribution in [2.24, 2.45) is 40.2 Å². The molecule has 4 amide bonds. The molecule has 0 radical (unpaired) electrons. The molecule has 1 aromatic rings. The summed E-state index contributed by atoms with van der Waals surface area (Å²) >= 11 is 0. The molecular weight excluding hydrogens is 604 g/mol. The van der Waals surface area contributed by atoms with Gasteiger partial charge in [0.1, 0.15) is 23.9 Å². The van der Waals surface area contributed by atoms with Gasteiger partial charge in [-0.15, -0.1) is 0 Å². The second-order valence-corrected chi connectivity index (χ2v) is 15.9. The number of nitrogens with one attached hydrogen (secondary N) is 2. The zero-order valence-electron chi connectivity index (χ0n) is 28.3. The Hall–Kier alpha value is -3.70. The summed E-state index contributed by atoms with van der Waals surface area (Å²) in [7, 11) is 0. The number of hydrogen-bond acceptors (Lipinski definition) is 8. The van der Waals surface area contributed by atoms with Crippen molar-refractivity contribution >= 4 is 35.4 Å². The lowest BCUT2D eigenvalue weighted by atomic mass is 9.81. The second kappa shape index (κ2) is 13.1. The van der Waals surface area contributed by atoms with Crippen molar-refractivity contribution in [1.82, 2.24) is 15.5 Å². The number of carbonyl (C=O) groups is 6. The number of carbonyl (C=O) groups excluding carboxylic acids is 6. The lowest BCUT2D eigenvalue weighted by Gasteiger charge is -2.39. The molecule has 0 aromatic carbocycles. The number of amides is 4. The topological polar surface area (TPSA) is 178 Å². The molecule has 5 atom stereocenters. The molecule has 1 aromatic heterocycles. The van der Waals surface area contributed by atoms with Gasteiger partial charge in [-0.3, -0.25) is 19.2 Å². The lowest BCUT2D eigenvalue weighted by molar-refractivity contribution is -0.154. The lowest BCUT2D eigenvalue weighted by Crippen LogP contribution is -2.63. The summed E-state index contributed by atoms with van der Waals surface area (Å²) in [5, 5.41) is 5.73. The van der Waals surface area contributed by atoms with Crippen molar-refractivity contribution in [3.05, 3.63) is 24.2 Å². The smallest absolute Gasteiger partial charge is 0.332 e. The largest absolute Gasteiger partial charge is 0.466 e. The summed E-state index contributed by atoms with van der Waals surface area (Å²) in [5.41, 5.74) is 3.18. The number of hydrogen-bond donors (Lipinski definition) is 3. The van der Waals surface area contributed by atoms with Crippen LogP contribution in [0.2, 0.25) is 0 Å². The zero-order valence-corrected chi connectivity index (χ0v) is 28.3. The Morgan fingerprint density at radius 1 is 1.09 bits per heavy atom. The number of urea groups is 1. The fraction of sp³-hybridized carbons (Fsp3) is 0.714. The van der Waals surface area contributed by atoms with Gasteiger partial charge in [0, 0.05) is 18.9 Å². The number of furan rings is 1. The first-order valence-electron chi connectivity index (χ1n) is 17.0. The van der Waals surface area contributed by atoms with Crippen LogP contribution in [-0.2, 0) is 35.3 Å². The van der Waals surface area contributed by atoms with E-state index in [0.717, 1.165) is 32.1 Å². The van der Waals surface area contributed by atoms with E-state index < -0.39 is 58.6 Å². The number of likely N-dealkylation sites (tertiary alicyclic amines) is 1. The molecule has 1 unspecified atom stereocenters. The maximum atomic E-state index is 14.4. The van der Waals surface area contributed by atoms with Crippen LogP contribution in [0, 0.1) is 34.5 Å². The molecule has 4 N–H and O–H groups in total. The van der Waals surface area contributed by atoms with Gasteiger partial charge in [0.25, 0.3) is 5.91 Å². The normalized spacial score (nSPS) is 25.6. The van der Waals surface area contributed by atoms with Crippen LogP contribution >= 0.6 is 0 Å². The summed E-state index contributed by atoms with van der Waals surface area (Å²) in [6.07, 6.45) is 6.87. The number of fused-ring (bicyclic) bond motifs is 1. The van der Waals surface area contributed by atoms with Crippen molar-refractivity contribution in [1.29, 1.82) is 0 Å². The van der Waals surface area contributed by atoms with E-state index in [2.05, 4.69) is 24.5 Å². The van der Waals surface area contributed by atoms with E-state index in [0.29, 0.717) is 37.5 Å². The van der Waals surface area contributed by atoms with Crippen molar-refractivity contribution in [2.45, 2.75) is 117 Å². The zero-order chi connectivity index (χ0) is 34.3. The van der Waals surface area contributed by atoms with Gasteiger partial charge < -0.3 is 30.4 Å². The monoisotopic (exact) mass is 654 g/mol. The minimum absolute atomic E-state index is 0.0599. The number of rotatable bonds is 13. The molecule has 12 heteroatoms. The summed E-state index contributed by atoms with van der Waals surface area (Å²) < 4.78 is 10.8. The molecule has 1 saturated heterocycles. The van der Waals surface area contributed by atoms with Crippen molar-refractivity contribution in [3.63, 3.8) is 0 Å². The summed E-state index contributed by atoms with van der Waals surface area (Å²) in [5.74, 6) is -3.00. The van der Waals surface area contributed by atoms with Crippen LogP contribution in [-0.4, -0.2) is 64.4 Å². The molecule has 1 aliphatic heterocycles. The van der Waals surface area contributed by atoms with Gasteiger partial charge in [0.2, 0.25) is 11.7 Å². The first kappa shape index (κ1) is 34.6. The molecule has 0 spiro atoms. The van der Waals surface area contributed by atoms with Gasteiger partial charge in [0.05, 0.1) is 12.3 Å². The first-order valence-corrected chi connectivity index (χ1v) is 17.0. The van der Waals surface area contributed by atoms with E-state index in [-0.39, 0.29) is 36.1 Å². The van der Waals surface area contributed by atoms with Crippen LogP contribution < -0.4 is 16.4 Å². The molecule has 3 aliphatic carbocycles. The summed E-state index contributed by atoms with van der Waals surface area (Å²) in [6.45, 7) is 9.93. The number of ether oxygens (including phenoxy) is 1. The van der Waals surface area contributed by atoms with Gasteiger partial charge in [-0.1, -0.05) is 66.7 Å². The van der Waals surface area contributed by atoms with Gasteiger partial charge in [-0.05, 0) is 60.0 Å². The minimum Gasteiger partial charge on any atom is -0.466 e. The highest BCUT2D eigenvalue weighted by atomic mass is 16.5. The Labute approximate surface area is 276 Å². The molecule has 258 valence electrons. The standard InChI is InChI=1S/C35H50N4O8/c1-33(2,3)28(37-32(45)38-35(13-7-6-8-14-35)31(44)47-19-22-10-9-15-46-22)30(43)39-18-23-25(34(23,4)5)26(39)24(40)17-21(16-20-11-12-20)27(41)29(36)42/h9-10,15,20-21,23,25-26,28H,6-8,11-14,16-19H2,1-5H3,(H2,36,42)(H2,37,38,45)/t21?,23-,25-,26+,28+/m0/s1. The van der Waals surface area contributed by atoms with E-state index in [1.165, 1.54) is 6.26 Å². The van der Waals surface area contributed by atoms with Crippen LogP contribution in [0.5, 0.6) is 0 Å². The predicted molar refractivity (Wildman–Crippen MR) is 170 cm³/mol. The Balaban J connectivity index is 1.32. The maximum Gasteiger partial charge on any atom is 0.332 e. The molecule has 12 nitrogen and oxygen atoms in total. The van der Waals surface area contributed by atoms with Crippen LogP contribution in [0.15, 0.2) is 22.8 Å². The quantitative estimate of drug-likeness (QED) is 0.213. The fourth-order valence-electron chi connectivity index (χ4n) is 7.89. The van der Waals surface area contributed by atoms with E-state index in [1.54, 1.807) is 17.0 Å². The Bertz CT molecular complexity index is 1390. The van der Waals surface area contributed by atoms with Crippen LogP contribution in [0.3, 0.4) is 0 Å². The van der Waals surface area contributed by atoms with E-state index in [1.807, 2.05) is 20.8 Å². The van der Waals surface area contributed by atoms with E-state index in [4.69, 9.17) is 14.9 Å². The van der Waals surface area contributed by atoms with Crippen LogP contribution in [0.1, 0.15) is 98.2 Å². The Morgan fingerprint density at radius 3 is 2.34 bits per heavy atom. The number of esters is 1. The number of nitrogens with zero attached hydrogens (tertiary/aromatic N) is 1. The van der Waals surface area contributed by atoms with Gasteiger partial charge in [0.15, 0.2) is 5.78 Å². The molecular formula is C35H50N4O8. The fourth-order valence-corrected chi connectivity index (χ4v) is 7.89. The molecule has 4 aliphatic rings. The SMILES string of the molecule is CC(C)(C)[C@H](NC(=O)NC1(C(=O)OCc2ccco2)CCCCC1)C(=O)N1C[C@H]2[C@@H]([C@H]1C(=O)CC(CC1CC1)C(=O)C(N)=O)C2(C)C. The summed E-state index contributed by atoms with van der Waals surface area (Å²) in [4.78, 5) is 81.4. The van der Waals surface area contributed by atoms with E-state index in [9.17, 15) is 28.8 Å². The number of Topliss-reactive ketones (excluding diaryl/α,β-unsaturated/α-hetero) is 2. The number of nitrogens with two attached hydrogens (primary N) is 1. The third-order valence-electron chi connectivity index (χ3n) is 11.0. The third-order valence-corrected chi connectivity index (χ3v) is 11.0. The minimum atomic E-state index is -1.25. The first-order chi connectivity index (χ1) is 22.0. The van der Waals surface area contributed by atoms with Crippen molar-refractivity contribution < 1.29 is 37.9 Å². The molecule has 4 fully saturated rings. The van der Waals surface area contributed by atoms with Crippen molar-refractivity contribution in [3.8, 4) is 0 Å². The van der Waals surface area contributed by atoms with Crippen molar-refractivity contribution in [2.75, 3.05) is 6.54 Å². The molecule has 3 saturated carbocycles. The average molecular weight is 655 g/mol. The molecule has 5 rings (SSSR count). The highest BCUT2D eigenvalue weighted by Crippen LogP contribution is 2.65. The van der Waals surface area contributed by atoms with Gasteiger partial charge in [-0.2, -0.15) is 0 Å². The predicted octanol–water partition coefficient (Wildman–Crippen LogP) is 3.65. The molecule has 2 heterocycles. The Morgan fingerprint density at radius 2 is 1.77 bits per heavy atom. The maximum absolute atomic E-state index is 14.4. The third kappa shape index (κ3) is 7.41. The van der Waals surface area contributed by atoms with Gasteiger partial charge in [-0.25, -0.2) is 9.59 Å². The van der Waals surface area contributed by atoms with E-state index >= 15 is 0 Å². The second-order valence-electron chi connectivity index (χ2n) is 15.9. The highest BCUT2D eigenvalue weighted by Gasteiger charge is 2.69.